The number of pyridine rings is 2. The summed E-state index contributed by atoms with van der Waals surface area (Å²) in [6.07, 6.45) is 12.0. The predicted molar refractivity (Wildman–Crippen MR) is 132 cm³/mol. The van der Waals surface area contributed by atoms with Gasteiger partial charge in [0.1, 0.15) is 5.82 Å². The zero-order chi connectivity index (χ0) is 23.9. The minimum Gasteiger partial charge on any atom is -0.472 e. The van der Waals surface area contributed by atoms with Gasteiger partial charge >= 0.3 is 0 Å². The molecular weight excluding hydrogens is 442 g/mol. The van der Waals surface area contributed by atoms with Crippen LogP contribution in [0.4, 0.5) is 5.69 Å². The molecule has 1 aliphatic carbocycles. The lowest BCUT2D eigenvalue weighted by molar-refractivity contribution is -0.118. The van der Waals surface area contributed by atoms with Crippen molar-refractivity contribution < 1.29 is 9.21 Å². The van der Waals surface area contributed by atoms with Crippen LogP contribution < -0.4 is 16.2 Å². The van der Waals surface area contributed by atoms with E-state index in [1.54, 1.807) is 24.9 Å². The molecule has 1 saturated heterocycles. The number of furan rings is 1. The van der Waals surface area contributed by atoms with Crippen LogP contribution in [0.1, 0.15) is 56.5 Å². The van der Waals surface area contributed by atoms with Crippen molar-refractivity contribution in [1.29, 1.82) is 0 Å². The molecule has 1 amide bonds. The quantitative estimate of drug-likeness (QED) is 0.342. The lowest BCUT2D eigenvalue weighted by Crippen LogP contribution is -2.34. The number of hydrogen-bond acceptors (Lipinski definition) is 7. The van der Waals surface area contributed by atoms with Crippen molar-refractivity contribution in [2.45, 2.75) is 51.1 Å². The van der Waals surface area contributed by atoms with Crippen LogP contribution in [0.2, 0.25) is 0 Å². The first-order valence-corrected chi connectivity index (χ1v) is 12.2. The van der Waals surface area contributed by atoms with Gasteiger partial charge in [0.2, 0.25) is 5.91 Å². The van der Waals surface area contributed by atoms with Crippen molar-refractivity contribution in [3.05, 3.63) is 60.7 Å². The van der Waals surface area contributed by atoms with E-state index >= 15 is 0 Å². The van der Waals surface area contributed by atoms with Crippen LogP contribution >= 0.6 is 0 Å². The van der Waals surface area contributed by atoms with Gasteiger partial charge in [0.15, 0.2) is 5.65 Å². The summed E-state index contributed by atoms with van der Waals surface area (Å²) in [6, 6.07) is 6.42. The molecule has 1 saturated carbocycles. The number of rotatable bonds is 5. The molecule has 0 bridgehead atoms. The molecule has 2 fully saturated rings. The second-order valence-electron chi connectivity index (χ2n) is 9.89. The summed E-state index contributed by atoms with van der Waals surface area (Å²) in [7, 11) is 0. The molecule has 0 radical (unpaired) electrons. The van der Waals surface area contributed by atoms with E-state index in [-0.39, 0.29) is 17.9 Å². The van der Waals surface area contributed by atoms with E-state index in [1.807, 2.05) is 32.2 Å². The molecule has 9 heteroatoms. The Kier molecular flexibility index (Phi) is 5.58. The number of carbonyl (C=O) groups excluding carboxylic acids is 1. The Bertz CT molecular complexity index is 1350. The number of hydrazine groups is 1. The van der Waals surface area contributed by atoms with Gasteiger partial charge in [-0.1, -0.05) is 13.8 Å². The smallest absolute Gasteiger partial charge is 0.226 e. The summed E-state index contributed by atoms with van der Waals surface area (Å²) in [5.41, 5.74) is 12.6. The standard InChI is InChI=1S/C26H29N7O2/c1-14(2)26(34)29-18-9-17(11-27-12-18)15-3-4-21-20(10-15)23(33-32-21)25-30-22-19(16-6-8-35-13-16)5-7-28-24(22)31-25/h5-9,11-15,20-21,23,32-33H,3-4,10H2,1-2H3,(H,29,34)(H,28,30,31). The van der Waals surface area contributed by atoms with Crippen LogP contribution in [0.25, 0.3) is 22.3 Å². The zero-order valence-electron chi connectivity index (χ0n) is 19.8. The van der Waals surface area contributed by atoms with Gasteiger partial charge in [0.05, 0.1) is 36.0 Å². The lowest BCUT2D eigenvalue weighted by atomic mass is 9.73. The number of nitrogens with zero attached hydrogens (tertiary/aromatic N) is 3. The van der Waals surface area contributed by atoms with Crippen molar-refractivity contribution in [3.8, 4) is 11.1 Å². The fourth-order valence-electron chi connectivity index (χ4n) is 5.40. The van der Waals surface area contributed by atoms with Gasteiger partial charge in [-0.2, -0.15) is 0 Å². The summed E-state index contributed by atoms with van der Waals surface area (Å²) in [5, 5.41) is 2.98. The van der Waals surface area contributed by atoms with Crippen LogP contribution in [0, 0.1) is 11.8 Å². The number of H-pyrrole nitrogens is 1. The number of aromatic nitrogens is 4. The molecule has 4 unspecified atom stereocenters. The molecule has 0 aromatic carbocycles. The highest BCUT2D eigenvalue weighted by molar-refractivity contribution is 5.92. The average Bonchev–Trinajstić information content (AvgIpc) is 3.62. The minimum atomic E-state index is -0.0715. The number of anilines is 1. The number of nitrogens with one attached hydrogen (secondary N) is 4. The van der Waals surface area contributed by atoms with Crippen molar-refractivity contribution in [1.82, 2.24) is 30.8 Å². The van der Waals surface area contributed by atoms with Crippen molar-refractivity contribution >= 4 is 22.8 Å². The largest absolute Gasteiger partial charge is 0.472 e. The van der Waals surface area contributed by atoms with Crippen LogP contribution in [0.3, 0.4) is 0 Å². The molecule has 4 aromatic rings. The molecule has 2 aliphatic rings. The molecule has 1 aliphatic heterocycles. The van der Waals surface area contributed by atoms with Gasteiger partial charge < -0.3 is 14.7 Å². The fourth-order valence-corrected chi connectivity index (χ4v) is 5.40. The van der Waals surface area contributed by atoms with E-state index in [2.05, 4.69) is 37.2 Å². The van der Waals surface area contributed by atoms with Crippen molar-refractivity contribution in [2.24, 2.45) is 11.8 Å². The first-order chi connectivity index (χ1) is 17.1. The molecule has 180 valence electrons. The van der Waals surface area contributed by atoms with Gasteiger partial charge in [-0.25, -0.2) is 15.4 Å². The summed E-state index contributed by atoms with van der Waals surface area (Å²) < 4.78 is 5.28. The molecule has 4 atom stereocenters. The normalized spacial score (nSPS) is 24.1. The van der Waals surface area contributed by atoms with E-state index in [0.29, 0.717) is 23.5 Å². The SMILES string of the molecule is CC(C)C(=O)Nc1cncc(C2CCC3NNC(c4nc5nccc(-c6ccoc6)c5[nH]4)C3C2)c1. The molecule has 9 nitrogen and oxygen atoms in total. The van der Waals surface area contributed by atoms with E-state index in [9.17, 15) is 4.79 Å². The monoisotopic (exact) mass is 471 g/mol. The van der Waals surface area contributed by atoms with E-state index in [4.69, 9.17) is 9.40 Å². The number of amides is 1. The number of fused-ring (bicyclic) bond motifs is 2. The third-order valence-corrected chi connectivity index (χ3v) is 7.31. The maximum atomic E-state index is 12.1. The Morgan fingerprint density at radius 1 is 1.20 bits per heavy atom. The summed E-state index contributed by atoms with van der Waals surface area (Å²) in [4.78, 5) is 29.5. The van der Waals surface area contributed by atoms with Gasteiger partial charge in [0, 0.05) is 35.5 Å². The van der Waals surface area contributed by atoms with Crippen LogP contribution in [-0.2, 0) is 4.79 Å². The van der Waals surface area contributed by atoms with Crippen LogP contribution in [0.5, 0.6) is 0 Å². The van der Waals surface area contributed by atoms with Gasteiger partial charge in [-0.3, -0.25) is 15.2 Å². The fraction of sp³-hybridized carbons (Fsp3) is 0.385. The highest BCUT2D eigenvalue weighted by Crippen LogP contribution is 2.44. The predicted octanol–water partition coefficient (Wildman–Crippen LogP) is 4.31. The average molecular weight is 472 g/mol. The Morgan fingerprint density at radius 3 is 2.94 bits per heavy atom. The molecule has 4 aromatic heterocycles. The Morgan fingerprint density at radius 2 is 2.11 bits per heavy atom. The second-order valence-corrected chi connectivity index (χ2v) is 9.89. The third-order valence-electron chi connectivity index (χ3n) is 7.31. The summed E-state index contributed by atoms with van der Waals surface area (Å²) in [6.45, 7) is 3.78. The zero-order valence-corrected chi connectivity index (χ0v) is 19.8. The summed E-state index contributed by atoms with van der Waals surface area (Å²) in [5.74, 6) is 1.55. The Balaban J connectivity index is 1.25. The van der Waals surface area contributed by atoms with Crippen molar-refractivity contribution in [3.63, 3.8) is 0 Å². The molecule has 5 heterocycles. The van der Waals surface area contributed by atoms with Crippen LogP contribution in [-0.4, -0.2) is 31.9 Å². The Hall–Kier alpha value is -3.56. The molecule has 35 heavy (non-hydrogen) atoms. The molecule has 6 rings (SSSR count). The van der Waals surface area contributed by atoms with E-state index < -0.39 is 0 Å². The summed E-state index contributed by atoms with van der Waals surface area (Å²) >= 11 is 0. The molecular formula is C26H29N7O2. The first kappa shape index (κ1) is 21.9. The first-order valence-electron chi connectivity index (χ1n) is 12.2. The van der Waals surface area contributed by atoms with Crippen molar-refractivity contribution in [2.75, 3.05) is 5.32 Å². The maximum absolute atomic E-state index is 12.1. The number of hydrogen-bond donors (Lipinski definition) is 4. The molecule has 4 N–H and O–H groups in total. The second kappa shape index (κ2) is 8.90. The number of aromatic amines is 1. The number of carbonyl (C=O) groups is 1. The maximum Gasteiger partial charge on any atom is 0.226 e. The highest BCUT2D eigenvalue weighted by atomic mass is 16.3. The van der Waals surface area contributed by atoms with Gasteiger partial charge in [0.25, 0.3) is 0 Å². The van der Waals surface area contributed by atoms with E-state index in [0.717, 1.165) is 47.4 Å². The minimum absolute atomic E-state index is 0.00481. The van der Waals surface area contributed by atoms with E-state index in [1.165, 1.54) is 5.56 Å². The van der Waals surface area contributed by atoms with Crippen LogP contribution in [0.15, 0.2) is 53.7 Å². The lowest BCUT2D eigenvalue weighted by Gasteiger charge is -2.33. The Labute approximate surface area is 203 Å². The topological polar surface area (TPSA) is 121 Å². The third kappa shape index (κ3) is 4.11. The van der Waals surface area contributed by atoms with Gasteiger partial charge in [-0.05, 0) is 54.9 Å². The molecule has 0 spiro atoms. The number of imidazole rings is 1. The highest BCUT2D eigenvalue weighted by Gasteiger charge is 2.42. The van der Waals surface area contributed by atoms with Gasteiger partial charge in [-0.15, -0.1) is 0 Å².